The zero-order valence-corrected chi connectivity index (χ0v) is 20.9. The van der Waals surface area contributed by atoms with Gasteiger partial charge in [-0.1, -0.05) is 30.3 Å². The maximum Gasteiger partial charge on any atom is 0.337 e. The van der Waals surface area contributed by atoms with Crippen molar-refractivity contribution in [1.82, 2.24) is 0 Å². The third-order valence-corrected chi connectivity index (χ3v) is 6.50. The minimum absolute atomic E-state index is 0.00988. The standard InChI is InChI=1S/C29H28N2O5/c1-17-9-10-20(15-18(17)2)26(32)24-25(19-11-13-22(14-12-19)30(3)4)31(28(34)27(24)33)23-8-6-7-21(16-23)29(35)36-5/h6-16,25,32H,1-5H3/b26-24+. The van der Waals surface area contributed by atoms with Crippen LogP contribution >= 0.6 is 0 Å². The van der Waals surface area contributed by atoms with Crippen LogP contribution in [0.5, 0.6) is 0 Å². The van der Waals surface area contributed by atoms with E-state index in [0.29, 0.717) is 16.8 Å². The molecule has 1 aliphatic heterocycles. The molecule has 1 amide bonds. The van der Waals surface area contributed by atoms with Gasteiger partial charge in [-0.05, 0) is 66.9 Å². The fourth-order valence-electron chi connectivity index (χ4n) is 4.31. The minimum atomic E-state index is -0.893. The van der Waals surface area contributed by atoms with E-state index in [1.807, 2.05) is 63.2 Å². The molecule has 1 aliphatic rings. The predicted molar refractivity (Wildman–Crippen MR) is 139 cm³/mol. The number of ketones is 1. The Morgan fingerprint density at radius 1 is 0.917 bits per heavy atom. The number of esters is 1. The average Bonchev–Trinajstić information content (AvgIpc) is 3.15. The number of hydrogen-bond donors (Lipinski definition) is 1. The Morgan fingerprint density at radius 2 is 1.61 bits per heavy atom. The lowest BCUT2D eigenvalue weighted by atomic mass is 9.94. The minimum Gasteiger partial charge on any atom is -0.507 e. The molecule has 0 saturated carbocycles. The number of anilines is 2. The average molecular weight is 485 g/mol. The summed E-state index contributed by atoms with van der Waals surface area (Å²) in [7, 11) is 5.11. The van der Waals surface area contributed by atoms with Crippen LogP contribution in [0.1, 0.15) is 38.7 Å². The number of rotatable bonds is 5. The summed E-state index contributed by atoms with van der Waals surface area (Å²) in [6, 6.07) is 18.3. The summed E-state index contributed by atoms with van der Waals surface area (Å²) in [6.07, 6.45) is 0. The highest BCUT2D eigenvalue weighted by molar-refractivity contribution is 6.51. The molecule has 36 heavy (non-hydrogen) atoms. The number of carbonyl (C=O) groups excluding carboxylic acids is 3. The molecule has 1 saturated heterocycles. The first-order valence-corrected chi connectivity index (χ1v) is 11.5. The van der Waals surface area contributed by atoms with Crippen molar-refractivity contribution in [2.45, 2.75) is 19.9 Å². The van der Waals surface area contributed by atoms with E-state index in [1.54, 1.807) is 30.3 Å². The van der Waals surface area contributed by atoms with Crippen LogP contribution in [0.15, 0.2) is 72.3 Å². The predicted octanol–water partition coefficient (Wildman–Crippen LogP) is 4.78. The number of nitrogens with zero attached hydrogens (tertiary/aromatic N) is 2. The molecule has 0 radical (unpaired) electrons. The molecular formula is C29H28N2O5. The van der Waals surface area contributed by atoms with Gasteiger partial charge in [-0.3, -0.25) is 14.5 Å². The highest BCUT2D eigenvalue weighted by Gasteiger charge is 2.47. The maximum atomic E-state index is 13.4. The van der Waals surface area contributed by atoms with Gasteiger partial charge in [-0.15, -0.1) is 0 Å². The molecule has 0 bridgehead atoms. The normalized spacial score (nSPS) is 16.8. The summed E-state index contributed by atoms with van der Waals surface area (Å²) in [4.78, 5) is 42.2. The first kappa shape index (κ1) is 24.7. The smallest absolute Gasteiger partial charge is 0.337 e. The van der Waals surface area contributed by atoms with E-state index in [4.69, 9.17) is 4.74 Å². The number of methoxy groups -OCH3 is 1. The van der Waals surface area contributed by atoms with Crippen molar-refractivity contribution < 1.29 is 24.2 Å². The van der Waals surface area contributed by atoms with E-state index in [0.717, 1.165) is 16.8 Å². The molecular weight excluding hydrogens is 456 g/mol. The van der Waals surface area contributed by atoms with Gasteiger partial charge in [0.05, 0.1) is 24.3 Å². The van der Waals surface area contributed by atoms with Crippen LogP contribution in [0.25, 0.3) is 5.76 Å². The SMILES string of the molecule is COC(=O)c1cccc(N2C(=O)C(=O)/C(=C(/O)c3ccc(C)c(C)c3)C2c2ccc(N(C)C)cc2)c1. The van der Waals surface area contributed by atoms with Gasteiger partial charge in [-0.2, -0.15) is 0 Å². The number of aliphatic hydroxyl groups excluding tert-OH is 1. The molecule has 3 aromatic rings. The molecule has 1 N–H and O–H groups in total. The molecule has 0 aromatic heterocycles. The Kier molecular flexibility index (Phi) is 6.66. The fourth-order valence-corrected chi connectivity index (χ4v) is 4.31. The van der Waals surface area contributed by atoms with Crippen LogP contribution in [0, 0.1) is 13.8 Å². The zero-order valence-electron chi connectivity index (χ0n) is 20.9. The Bertz CT molecular complexity index is 1390. The second-order valence-corrected chi connectivity index (χ2v) is 9.00. The highest BCUT2D eigenvalue weighted by atomic mass is 16.5. The molecule has 0 spiro atoms. The van der Waals surface area contributed by atoms with Crippen molar-refractivity contribution in [3.63, 3.8) is 0 Å². The number of Topliss-reactive ketones (excluding diaryl/α,β-unsaturated/α-hetero) is 1. The molecule has 7 nitrogen and oxygen atoms in total. The Morgan fingerprint density at radius 3 is 2.22 bits per heavy atom. The fraction of sp³-hybridized carbons (Fsp3) is 0.207. The van der Waals surface area contributed by atoms with E-state index in [9.17, 15) is 19.5 Å². The van der Waals surface area contributed by atoms with Crippen molar-refractivity contribution in [3.8, 4) is 0 Å². The van der Waals surface area contributed by atoms with Crippen LogP contribution in [-0.4, -0.2) is 44.0 Å². The van der Waals surface area contributed by atoms with Gasteiger partial charge in [0, 0.05) is 31.0 Å². The topological polar surface area (TPSA) is 87.1 Å². The van der Waals surface area contributed by atoms with Crippen molar-refractivity contribution in [2.75, 3.05) is 31.0 Å². The number of aryl methyl sites for hydroxylation is 2. The molecule has 184 valence electrons. The van der Waals surface area contributed by atoms with Gasteiger partial charge in [0.15, 0.2) is 0 Å². The summed E-state index contributed by atoms with van der Waals surface area (Å²) in [6.45, 7) is 3.87. The molecule has 1 atom stereocenters. The van der Waals surface area contributed by atoms with Gasteiger partial charge in [0.2, 0.25) is 0 Å². The third kappa shape index (κ3) is 4.35. The summed E-state index contributed by atoms with van der Waals surface area (Å²) < 4.78 is 4.82. The summed E-state index contributed by atoms with van der Waals surface area (Å²) in [5, 5.41) is 11.3. The molecule has 3 aromatic carbocycles. The summed E-state index contributed by atoms with van der Waals surface area (Å²) in [5.41, 5.74) is 4.62. The van der Waals surface area contributed by atoms with Crippen molar-refractivity contribution in [3.05, 3.63) is 100 Å². The lowest BCUT2D eigenvalue weighted by Crippen LogP contribution is -2.29. The van der Waals surface area contributed by atoms with Crippen LogP contribution in [0.4, 0.5) is 11.4 Å². The largest absolute Gasteiger partial charge is 0.507 e. The van der Waals surface area contributed by atoms with Crippen LogP contribution < -0.4 is 9.80 Å². The van der Waals surface area contributed by atoms with Gasteiger partial charge in [0.25, 0.3) is 11.7 Å². The van der Waals surface area contributed by atoms with E-state index < -0.39 is 23.7 Å². The molecule has 0 aliphatic carbocycles. The van der Waals surface area contributed by atoms with E-state index in [2.05, 4.69) is 0 Å². The maximum absolute atomic E-state index is 13.4. The molecule has 1 fully saturated rings. The van der Waals surface area contributed by atoms with Crippen LogP contribution in [-0.2, 0) is 14.3 Å². The van der Waals surface area contributed by atoms with Gasteiger partial charge < -0.3 is 14.7 Å². The number of hydrogen-bond acceptors (Lipinski definition) is 6. The van der Waals surface area contributed by atoms with Gasteiger partial charge in [0.1, 0.15) is 5.76 Å². The number of carbonyl (C=O) groups is 3. The number of ether oxygens (including phenoxy) is 1. The Balaban J connectivity index is 1.94. The van der Waals surface area contributed by atoms with Crippen LogP contribution in [0.3, 0.4) is 0 Å². The molecule has 1 unspecified atom stereocenters. The van der Waals surface area contributed by atoms with Crippen molar-refractivity contribution in [2.24, 2.45) is 0 Å². The number of amides is 1. The number of benzene rings is 3. The van der Waals surface area contributed by atoms with Crippen molar-refractivity contribution in [1.29, 1.82) is 0 Å². The zero-order chi connectivity index (χ0) is 26.1. The Hall–Kier alpha value is -4.39. The van der Waals surface area contributed by atoms with E-state index in [1.165, 1.54) is 18.1 Å². The quantitative estimate of drug-likeness (QED) is 0.243. The first-order valence-electron chi connectivity index (χ1n) is 11.5. The van der Waals surface area contributed by atoms with E-state index in [-0.39, 0.29) is 16.9 Å². The molecule has 1 heterocycles. The monoisotopic (exact) mass is 484 g/mol. The van der Waals surface area contributed by atoms with Gasteiger partial charge in [-0.25, -0.2) is 4.79 Å². The van der Waals surface area contributed by atoms with Crippen LogP contribution in [0.2, 0.25) is 0 Å². The molecule has 7 heteroatoms. The second kappa shape index (κ2) is 9.70. The van der Waals surface area contributed by atoms with Crippen molar-refractivity contribution >= 4 is 34.8 Å². The first-order chi connectivity index (χ1) is 17.1. The summed E-state index contributed by atoms with van der Waals surface area (Å²) >= 11 is 0. The second-order valence-electron chi connectivity index (χ2n) is 9.00. The molecule has 4 rings (SSSR count). The lowest BCUT2D eigenvalue weighted by Gasteiger charge is -2.26. The highest BCUT2D eigenvalue weighted by Crippen LogP contribution is 2.42. The third-order valence-electron chi connectivity index (χ3n) is 6.50. The number of aliphatic hydroxyl groups is 1. The van der Waals surface area contributed by atoms with Gasteiger partial charge >= 0.3 is 5.97 Å². The Labute approximate surface area is 210 Å². The summed E-state index contributed by atoms with van der Waals surface area (Å²) in [5.74, 6) is -2.39. The lowest BCUT2D eigenvalue weighted by molar-refractivity contribution is -0.132. The van der Waals surface area contributed by atoms with E-state index >= 15 is 0 Å².